The van der Waals surface area contributed by atoms with Crippen molar-refractivity contribution in [2.75, 3.05) is 45.0 Å². The number of aromatic nitrogens is 1. The van der Waals surface area contributed by atoms with Gasteiger partial charge in [0.05, 0.1) is 18.8 Å². The predicted octanol–water partition coefficient (Wildman–Crippen LogP) is 3.23. The van der Waals surface area contributed by atoms with E-state index in [9.17, 15) is 10.5 Å². The van der Waals surface area contributed by atoms with E-state index in [4.69, 9.17) is 19.9 Å². The van der Waals surface area contributed by atoms with E-state index in [-0.39, 0.29) is 11.4 Å². The van der Waals surface area contributed by atoms with E-state index in [1.807, 2.05) is 6.92 Å². The van der Waals surface area contributed by atoms with Crippen LogP contribution in [0.25, 0.3) is 11.1 Å². The third-order valence-corrected chi connectivity index (χ3v) is 4.73. The molecule has 1 heterocycles. The van der Waals surface area contributed by atoms with Gasteiger partial charge in [-0.15, -0.1) is 11.8 Å². The molecule has 0 bridgehead atoms. The maximum Gasteiger partial charge on any atom is 0.143 e. The van der Waals surface area contributed by atoms with Gasteiger partial charge in [0.15, 0.2) is 0 Å². The van der Waals surface area contributed by atoms with Crippen molar-refractivity contribution >= 4 is 17.6 Å². The summed E-state index contributed by atoms with van der Waals surface area (Å²) >= 11 is 1.38. The lowest BCUT2D eigenvalue weighted by molar-refractivity contribution is 0.146. The van der Waals surface area contributed by atoms with Crippen LogP contribution in [0.5, 0.6) is 5.75 Å². The summed E-state index contributed by atoms with van der Waals surface area (Å²) in [5.41, 5.74) is 7.72. The van der Waals surface area contributed by atoms with Crippen molar-refractivity contribution < 1.29 is 14.2 Å². The Bertz CT molecular complexity index is 873. The van der Waals surface area contributed by atoms with Gasteiger partial charge in [-0.2, -0.15) is 10.5 Å². The number of nitrogens with zero attached hydrogens (tertiary/aromatic N) is 3. The van der Waals surface area contributed by atoms with Crippen molar-refractivity contribution in [3.8, 4) is 29.0 Å². The van der Waals surface area contributed by atoms with Gasteiger partial charge in [-0.3, -0.25) is 0 Å². The Balaban J connectivity index is 2.39. The second-order valence-electron chi connectivity index (χ2n) is 5.56. The standard InChI is InChI=1S/C20H22N4O3S/c1-3-26-10-11-28-20-17(13-22)18(16(12-21)19(23)24-20)14-4-6-15(7-5-14)27-9-8-25-2/h4-7H,3,8-11H2,1-2H3,(H2,23,24). The number of benzene rings is 1. The van der Waals surface area contributed by atoms with Crippen molar-refractivity contribution in [1.82, 2.24) is 4.98 Å². The van der Waals surface area contributed by atoms with Gasteiger partial charge in [0, 0.05) is 25.0 Å². The van der Waals surface area contributed by atoms with E-state index < -0.39 is 0 Å². The number of pyridine rings is 1. The van der Waals surface area contributed by atoms with Crippen molar-refractivity contribution in [2.24, 2.45) is 0 Å². The first-order chi connectivity index (χ1) is 13.7. The molecule has 1 aromatic heterocycles. The zero-order valence-electron chi connectivity index (χ0n) is 15.9. The normalized spacial score (nSPS) is 10.3. The van der Waals surface area contributed by atoms with Crippen LogP contribution >= 0.6 is 11.8 Å². The Labute approximate surface area is 169 Å². The number of hydrogen-bond acceptors (Lipinski definition) is 8. The summed E-state index contributed by atoms with van der Waals surface area (Å²) in [6.07, 6.45) is 0. The fourth-order valence-corrected chi connectivity index (χ4v) is 3.34. The molecule has 7 nitrogen and oxygen atoms in total. The molecule has 2 aromatic rings. The zero-order chi connectivity index (χ0) is 20.4. The first kappa shape index (κ1) is 21.5. The number of rotatable bonds is 10. The quantitative estimate of drug-likeness (QED) is 0.479. The van der Waals surface area contributed by atoms with Crippen LogP contribution in [-0.4, -0.2) is 44.3 Å². The van der Waals surface area contributed by atoms with Gasteiger partial charge in [-0.05, 0) is 24.6 Å². The molecule has 0 atom stereocenters. The number of nitriles is 2. The first-order valence-corrected chi connectivity index (χ1v) is 9.71. The molecule has 1 aromatic carbocycles. The summed E-state index contributed by atoms with van der Waals surface area (Å²) in [5.74, 6) is 1.41. The number of anilines is 1. The van der Waals surface area contributed by atoms with Crippen LogP contribution in [0.3, 0.4) is 0 Å². The molecule has 0 radical (unpaired) electrons. The molecule has 0 saturated heterocycles. The smallest absolute Gasteiger partial charge is 0.143 e. The van der Waals surface area contributed by atoms with Gasteiger partial charge >= 0.3 is 0 Å². The molecule has 2 rings (SSSR count). The molecule has 146 valence electrons. The van der Waals surface area contributed by atoms with Crippen LogP contribution in [0.4, 0.5) is 5.82 Å². The van der Waals surface area contributed by atoms with Gasteiger partial charge in [0.1, 0.15) is 40.9 Å². The van der Waals surface area contributed by atoms with E-state index in [0.29, 0.717) is 59.6 Å². The minimum Gasteiger partial charge on any atom is -0.491 e. The van der Waals surface area contributed by atoms with Crippen LogP contribution in [0, 0.1) is 22.7 Å². The predicted molar refractivity (Wildman–Crippen MR) is 108 cm³/mol. The highest BCUT2D eigenvalue weighted by molar-refractivity contribution is 7.99. The van der Waals surface area contributed by atoms with Gasteiger partial charge in [0.2, 0.25) is 0 Å². The average Bonchev–Trinajstić information content (AvgIpc) is 2.71. The zero-order valence-corrected chi connectivity index (χ0v) is 16.7. The van der Waals surface area contributed by atoms with Gasteiger partial charge in [0.25, 0.3) is 0 Å². The van der Waals surface area contributed by atoms with Crippen molar-refractivity contribution in [3.63, 3.8) is 0 Å². The van der Waals surface area contributed by atoms with Crippen molar-refractivity contribution in [3.05, 3.63) is 35.4 Å². The minimum absolute atomic E-state index is 0.107. The molecular formula is C20H22N4O3S. The van der Waals surface area contributed by atoms with E-state index in [1.54, 1.807) is 31.4 Å². The Morgan fingerprint density at radius 3 is 2.39 bits per heavy atom. The van der Waals surface area contributed by atoms with E-state index in [2.05, 4.69) is 17.1 Å². The largest absolute Gasteiger partial charge is 0.491 e. The molecular weight excluding hydrogens is 376 g/mol. The molecule has 0 spiro atoms. The Kier molecular flexibility index (Phi) is 8.57. The summed E-state index contributed by atoms with van der Waals surface area (Å²) in [6, 6.07) is 11.4. The molecule has 8 heteroatoms. The first-order valence-electron chi connectivity index (χ1n) is 8.72. The van der Waals surface area contributed by atoms with Crippen LogP contribution in [0.1, 0.15) is 18.1 Å². The molecule has 0 amide bonds. The number of hydrogen-bond donors (Lipinski definition) is 1. The third kappa shape index (κ3) is 5.37. The second-order valence-corrected chi connectivity index (χ2v) is 6.65. The summed E-state index contributed by atoms with van der Waals surface area (Å²) in [4.78, 5) is 4.27. The lowest BCUT2D eigenvalue weighted by Gasteiger charge is -2.13. The van der Waals surface area contributed by atoms with Crippen LogP contribution in [0.15, 0.2) is 29.3 Å². The van der Waals surface area contributed by atoms with Crippen LogP contribution in [-0.2, 0) is 9.47 Å². The van der Waals surface area contributed by atoms with E-state index in [0.717, 1.165) is 0 Å². The summed E-state index contributed by atoms with van der Waals surface area (Å²) in [5, 5.41) is 19.8. The summed E-state index contributed by atoms with van der Waals surface area (Å²) in [7, 11) is 1.61. The van der Waals surface area contributed by atoms with Crippen molar-refractivity contribution in [2.45, 2.75) is 11.9 Å². The van der Waals surface area contributed by atoms with Gasteiger partial charge < -0.3 is 19.9 Å². The Morgan fingerprint density at radius 1 is 1.07 bits per heavy atom. The van der Waals surface area contributed by atoms with Gasteiger partial charge in [-0.25, -0.2) is 4.98 Å². The number of methoxy groups -OCH3 is 1. The Hall–Kier alpha value is -2.78. The average molecular weight is 398 g/mol. The SMILES string of the molecule is CCOCCSc1nc(N)c(C#N)c(-c2ccc(OCCOC)cc2)c1C#N. The summed E-state index contributed by atoms with van der Waals surface area (Å²) < 4.78 is 15.9. The number of thioether (sulfide) groups is 1. The third-order valence-electron chi connectivity index (χ3n) is 3.79. The molecule has 28 heavy (non-hydrogen) atoms. The Morgan fingerprint density at radius 2 is 1.79 bits per heavy atom. The second kappa shape index (κ2) is 11.2. The maximum absolute atomic E-state index is 9.75. The summed E-state index contributed by atoms with van der Waals surface area (Å²) in [6.45, 7) is 4.01. The molecule has 0 fully saturated rings. The minimum atomic E-state index is 0.107. The van der Waals surface area contributed by atoms with Gasteiger partial charge in [-0.1, -0.05) is 12.1 Å². The maximum atomic E-state index is 9.75. The monoisotopic (exact) mass is 398 g/mol. The lowest BCUT2D eigenvalue weighted by atomic mass is 9.97. The van der Waals surface area contributed by atoms with Crippen LogP contribution in [0.2, 0.25) is 0 Å². The van der Waals surface area contributed by atoms with E-state index >= 15 is 0 Å². The number of nitrogens with two attached hydrogens (primary N) is 1. The van der Waals surface area contributed by atoms with Crippen LogP contribution < -0.4 is 10.5 Å². The number of nitrogen functional groups attached to an aromatic ring is 1. The van der Waals surface area contributed by atoms with E-state index in [1.165, 1.54) is 11.8 Å². The molecule has 0 saturated carbocycles. The van der Waals surface area contributed by atoms with Crippen molar-refractivity contribution in [1.29, 1.82) is 10.5 Å². The fraction of sp³-hybridized carbons (Fsp3) is 0.350. The fourth-order valence-electron chi connectivity index (χ4n) is 2.49. The molecule has 2 N–H and O–H groups in total. The highest BCUT2D eigenvalue weighted by atomic mass is 32.2. The topological polar surface area (TPSA) is 114 Å². The molecule has 0 aliphatic heterocycles. The molecule has 0 aliphatic rings. The lowest BCUT2D eigenvalue weighted by Crippen LogP contribution is -2.05. The number of ether oxygens (including phenoxy) is 3. The highest BCUT2D eigenvalue weighted by Crippen LogP contribution is 2.36. The molecule has 0 aliphatic carbocycles. The highest BCUT2D eigenvalue weighted by Gasteiger charge is 2.20. The molecule has 0 unspecified atom stereocenters.